The van der Waals surface area contributed by atoms with Gasteiger partial charge < -0.3 is 25.0 Å². The van der Waals surface area contributed by atoms with Crippen molar-refractivity contribution >= 4 is 45.4 Å². The highest BCUT2D eigenvalue weighted by Gasteiger charge is 2.30. The van der Waals surface area contributed by atoms with Gasteiger partial charge in [0.05, 0.1) is 24.4 Å². The van der Waals surface area contributed by atoms with Crippen molar-refractivity contribution in [1.82, 2.24) is 39.8 Å². The fourth-order valence-electron chi connectivity index (χ4n) is 4.88. The van der Waals surface area contributed by atoms with E-state index in [2.05, 4.69) is 37.2 Å². The first kappa shape index (κ1) is 26.1. The second kappa shape index (κ2) is 10.8. The van der Waals surface area contributed by atoms with E-state index >= 15 is 0 Å². The van der Waals surface area contributed by atoms with Crippen LogP contribution in [0.3, 0.4) is 0 Å². The van der Waals surface area contributed by atoms with Gasteiger partial charge in [-0.1, -0.05) is 11.8 Å². The lowest BCUT2D eigenvalue weighted by atomic mass is 10.1. The Morgan fingerprint density at radius 1 is 1.17 bits per heavy atom. The number of anilines is 3. The number of hydrogen-bond acceptors (Lipinski definition) is 11. The summed E-state index contributed by atoms with van der Waals surface area (Å²) in [5, 5.41) is 21.4. The smallest absolute Gasteiger partial charge is 0.246 e. The monoisotopic (exact) mass is 552 g/mol. The zero-order valence-corrected chi connectivity index (χ0v) is 22.6. The molecule has 1 aliphatic heterocycles. The van der Waals surface area contributed by atoms with Gasteiger partial charge in [0, 0.05) is 38.4 Å². The fourth-order valence-corrected chi connectivity index (χ4v) is 4.88. The van der Waals surface area contributed by atoms with Crippen LogP contribution in [0.1, 0.15) is 5.56 Å². The van der Waals surface area contributed by atoms with Gasteiger partial charge in [-0.15, -0.1) is 5.10 Å². The Kier molecular flexibility index (Phi) is 6.85. The Labute approximate surface area is 235 Å². The lowest BCUT2D eigenvalue weighted by Crippen LogP contribution is -2.56. The predicted octanol–water partition coefficient (Wildman–Crippen LogP) is 2.74. The summed E-state index contributed by atoms with van der Waals surface area (Å²) in [4.78, 5) is 33.7. The molecule has 1 aliphatic rings. The van der Waals surface area contributed by atoms with Crippen LogP contribution in [0.15, 0.2) is 61.6 Å². The molecule has 0 unspecified atom stereocenters. The largest absolute Gasteiger partial charge is 0.457 e. The van der Waals surface area contributed by atoms with Crippen molar-refractivity contribution in [2.75, 3.05) is 36.5 Å². The van der Waals surface area contributed by atoms with Gasteiger partial charge in [-0.05, 0) is 48.9 Å². The van der Waals surface area contributed by atoms with E-state index in [-0.39, 0.29) is 18.6 Å². The molecule has 0 bridgehead atoms. The van der Waals surface area contributed by atoms with Gasteiger partial charge >= 0.3 is 0 Å². The normalized spacial score (nSPS) is 15.3. The Morgan fingerprint density at radius 2 is 2.05 bits per heavy atom. The highest BCUT2D eigenvalue weighted by Crippen LogP contribution is 2.31. The van der Waals surface area contributed by atoms with Crippen LogP contribution in [-0.2, 0) is 11.8 Å². The van der Waals surface area contributed by atoms with Gasteiger partial charge in [0.2, 0.25) is 11.9 Å². The van der Waals surface area contributed by atoms with Gasteiger partial charge in [-0.2, -0.15) is 0 Å². The first-order valence-electron chi connectivity index (χ1n) is 13.0. The van der Waals surface area contributed by atoms with E-state index in [1.165, 1.54) is 12.4 Å². The number of nitrogens with one attached hydrogen (secondary N) is 1. The quantitative estimate of drug-likeness (QED) is 0.287. The van der Waals surface area contributed by atoms with Gasteiger partial charge in [0.25, 0.3) is 0 Å². The second-order valence-electron chi connectivity index (χ2n) is 9.72. The van der Waals surface area contributed by atoms with Crippen LogP contribution in [0.4, 0.5) is 17.5 Å². The third-order valence-corrected chi connectivity index (χ3v) is 7.05. The summed E-state index contributed by atoms with van der Waals surface area (Å²) in [6.07, 6.45) is 4.37. The maximum absolute atomic E-state index is 12.2. The van der Waals surface area contributed by atoms with Crippen LogP contribution < -0.4 is 15.0 Å². The molecular formula is C28H28N10O3. The summed E-state index contributed by atoms with van der Waals surface area (Å²) in [5.74, 6) is 2.18. The number of ether oxygens (including phenoxy) is 1. The van der Waals surface area contributed by atoms with E-state index in [9.17, 15) is 9.90 Å². The van der Waals surface area contributed by atoms with Gasteiger partial charge in [0.1, 0.15) is 34.4 Å². The lowest BCUT2D eigenvalue weighted by molar-refractivity contribution is -0.129. The molecule has 1 atom stereocenters. The average Bonchev–Trinajstić information content (AvgIpc) is 3.37. The standard InChI is InChI=1S/C28H28N10O3/c1-4-25(40)38-10-9-37(14-19(38)15-39)28-29-13-22-26(33-28)27(31-16-30-22)32-18-5-8-24(17(2)11-18)41-20-6-7-23-21(12-20)34-35-36(23)3/h4-8,11-13,16,19,39H,1,9-10,14-15H2,2-3H3,(H,30,31,32)/t19-/m0/s1. The Hall–Kier alpha value is -5.17. The number of fused-ring (bicyclic) bond motifs is 2. The predicted molar refractivity (Wildman–Crippen MR) is 153 cm³/mol. The zero-order valence-electron chi connectivity index (χ0n) is 22.6. The zero-order chi connectivity index (χ0) is 28.5. The van der Waals surface area contributed by atoms with Crippen LogP contribution in [0.5, 0.6) is 11.5 Å². The van der Waals surface area contributed by atoms with E-state index in [4.69, 9.17) is 9.72 Å². The lowest BCUT2D eigenvalue weighted by Gasteiger charge is -2.40. The molecule has 208 valence electrons. The van der Waals surface area contributed by atoms with Crippen LogP contribution >= 0.6 is 0 Å². The van der Waals surface area contributed by atoms with E-state index < -0.39 is 0 Å². The highest BCUT2D eigenvalue weighted by molar-refractivity contribution is 5.88. The number of benzene rings is 2. The molecule has 1 fully saturated rings. The van der Waals surface area contributed by atoms with E-state index in [0.717, 1.165) is 22.3 Å². The molecule has 1 saturated heterocycles. The van der Waals surface area contributed by atoms with Gasteiger partial charge in [-0.25, -0.2) is 24.6 Å². The SMILES string of the molecule is C=CC(=O)N1CCN(c2ncc3ncnc(Nc4ccc(Oc5ccc6c(c5)nnn6C)c(C)c4)c3n2)C[C@H]1CO. The molecule has 0 saturated carbocycles. The summed E-state index contributed by atoms with van der Waals surface area (Å²) < 4.78 is 7.84. The molecule has 2 N–H and O–H groups in total. The first-order chi connectivity index (χ1) is 19.9. The van der Waals surface area contributed by atoms with Gasteiger partial charge in [-0.3, -0.25) is 4.79 Å². The summed E-state index contributed by atoms with van der Waals surface area (Å²) >= 11 is 0. The molecule has 0 aliphatic carbocycles. The molecule has 5 aromatic rings. The summed E-state index contributed by atoms with van der Waals surface area (Å²) in [5.41, 5.74) is 4.55. The molecule has 2 aromatic carbocycles. The molecular weight excluding hydrogens is 524 g/mol. The molecule has 0 radical (unpaired) electrons. The maximum atomic E-state index is 12.2. The van der Waals surface area contributed by atoms with Crippen LogP contribution in [-0.4, -0.2) is 83.1 Å². The summed E-state index contributed by atoms with van der Waals surface area (Å²) in [7, 11) is 1.85. The second-order valence-corrected chi connectivity index (χ2v) is 9.72. The Bertz CT molecular complexity index is 1770. The van der Waals surface area contributed by atoms with E-state index in [1.54, 1.807) is 15.8 Å². The number of carbonyl (C=O) groups excluding carboxylic acids is 1. The maximum Gasteiger partial charge on any atom is 0.246 e. The molecule has 41 heavy (non-hydrogen) atoms. The first-order valence-corrected chi connectivity index (χ1v) is 13.0. The number of aliphatic hydroxyl groups is 1. The van der Waals surface area contributed by atoms with E-state index in [1.807, 2.05) is 55.3 Å². The number of piperazine rings is 1. The van der Waals surface area contributed by atoms with Crippen molar-refractivity contribution in [3.05, 3.63) is 67.1 Å². The number of carbonyl (C=O) groups is 1. The van der Waals surface area contributed by atoms with Crippen molar-refractivity contribution in [1.29, 1.82) is 0 Å². The van der Waals surface area contributed by atoms with Crippen LogP contribution in [0.25, 0.3) is 22.1 Å². The van der Waals surface area contributed by atoms with E-state index in [0.29, 0.717) is 53.9 Å². The number of rotatable bonds is 7. The van der Waals surface area contributed by atoms with Crippen LogP contribution in [0.2, 0.25) is 0 Å². The number of hydrogen-bond donors (Lipinski definition) is 2. The fraction of sp³-hybridized carbons (Fsp3) is 0.250. The third-order valence-electron chi connectivity index (χ3n) is 7.05. The topological polar surface area (TPSA) is 147 Å². The van der Waals surface area contributed by atoms with Gasteiger partial charge in [0.15, 0.2) is 5.82 Å². The van der Waals surface area contributed by atoms with Crippen molar-refractivity contribution in [2.24, 2.45) is 7.05 Å². The minimum atomic E-state index is -0.385. The molecule has 4 heterocycles. The number of nitrogens with zero attached hydrogens (tertiary/aromatic N) is 9. The molecule has 1 amide bonds. The Morgan fingerprint density at radius 3 is 2.85 bits per heavy atom. The number of aliphatic hydroxyl groups excluding tert-OH is 1. The average molecular weight is 553 g/mol. The molecule has 3 aromatic heterocycles. The number of aromatic nitrogens is 7. The molecule has 13 heteroatoms. The van der Waals surface area contributed by atoms with Crippen molar-refractivity contribution in [3.8, 4) is 11.5 Å². The molecule has 13 nitrogen and oxygen atoms in total. The van der Waals surface area contributed by atoms with Crippen LogP contribution in [0, 0.1) is 6.92 Å². The minimum absolute atomic E-state index is 0.173. The van der Waals surface area contributed by atoms with Crippen molar-refractivity contribution in [2.45, 2.75) is 13.0 Å². The number of amides is 1. The van der Waals surface area contributed by atoms with Crippen molar-refractivity contribution < 1.29 is 14.6 Å². The third kappa shape index (κ3) is 5.10. The summed E-state index contributed by atoms with van der Waals surface area (Å²) in [6.45, 7) is 6.68. The highest BCUT2D eigenvalue weighted by atomic mass is 16.5. The number of aryl methyl sites for hydroxylation is 2. The molecule has 0 spiro atoms. The molecule has 6 rings (SSSR count). The summed E-state index contributed by atoms with van der Waals surface area (Å²) in [6, 6.07) is 11.1. The Balaban J connectivity index is 1.22. The minimum Gasteiger partial charge on any atom is -0.457 e. The van der Waals surface area contributed by atoms with Crippen molar-refractivity contribution in [3.63, 3.8) is 0 Å².